The Morgan fingerprint density at radius 2 is 1.90 bits per heavy atom. The molecule has 154 valence electrons. The quantitative estimate of drug-likeness (QED) is 0.325. The zero-order valence-corrected chi connectivity index (χ0v) is 16.5. The molecule has 3 rings (SSSR count). The molecule has 0 spiro atoms. The number of anilines is 2. The van der Waals surface area contributed by atoms with E-state index in [0.717, 1.165) is 12.0 Å². The molecular weight excluding hydrogens is 388 g/mol. The molecule has 0 unspecified atom stereocenters. The van der Waals surface area contributed by atoms with Gasteiger partial charge in [0.2, 0.25) is 5.82 Å². The summed E-state index contributed by atoms with van der Waals surface area (Å²) in [5.41, 5.74) is 1.44. The van der Waals surface area contributed by atoms with Gasteiger partial charge in [-0.1, -0.05) is 25.1 Å². The van der Waals surface area contributed by atoms with Crippen molar-refractivity contribution in [2.24, 2.45) is 0 Å². The largest absolute Gasteiger partial charge is 0.462 e. The molecule has 3 aromatic rings. The van der Waals surface area contributed by atoms with E-state index in [0.29, 0.717) is 17.0 Å². The summed E-state index contributed by atoms with van der Waals surface area (Å²) in [5.74, 6) is -0.318. The minimum Gasteiger partial charge on any atom is -0.462 e. The predicted molar refractivity (Wildman–Crippen MR) is 110 cm³/mol. The van der Waals surface area contributed by atoms with Gasteiger partial charge in [-0.15, -0.1) is 0 Å². The molecule has 0 aliphatic rings. The van der Waals surface area contributed by atoms with Crippen molar-refractivity contribution in [2.45, 2.75) is 20.3 Å². The number of rotatable bonds is 8. The number of nitro groups is 1. The molecule has 1 heterocycles. The highest BCUT2D eigenvalue weighted by molar-refractivity contribution is 5.90. The van der Waals surface area contributed by atoms with Crippen molar-refractivity contribution >= 4 is 23.2 Å². The first-order valence-corrected chi connectivity index (χ1v) is 9.32. The Balaban J connectivity index is 1.90. The second kappa shape index (κ2) is 9.46. The van der Waals surface area contributed by atoms with Gasteiger partial charge in [0.15, 0.2) is 0 Å². The van der Waals surface area contributed by atoms with Crippen LogP contribution >= 0.6 is 0 Å². The van der Waals surface area contributed by atoms with Crippen LogP contribution in [0.25, 0.3) is 0 Å². The van der Waals surface area contributed by atoms with Crippen LogP contribution in [0.2, 0.25) is 0 Å². The topological polar surface area (TPSA) is 116 Å². The Kier molecular flexibility index (Phi) is 6.53. The van der Waals surface area contributed by atoms with Gasteiger partial charge in [0.25, 0.3) is 0 Å². The number of hydrogen-bond donors (Lipinski definition) is 1. The number of benzene rings is 2. The van der Waals surface area contributed by atoms with Crippen LogP contribution in [0, 0.1) is 10.1 Å². The summed E-state index contributed by atoms with van der Waals surface area (Å²) in [5, 5.41) is 14.6. The SMILES string of the molecule is CCOC(=O)c1cccc(Nc2ncnc(Oc3ccc(CC)cc3)c2[N+](=O)[O-])c1. The molecule has 0 radical (unpaired) electrons. The number of nitrogens with one attached hydrogen (secondary N) is 1. The van der Waals surface area contributed by atoms with E-state index in [9.17, 15) is 14.9 Å². The second-order valence-electron chi connectivity index (χ2n) is 6.16. The first-order valence-electron chi connectivity index (χ1n) is 9.32. The van der Waals surface area contributed by atoms with Gasteiger partial charge in [-0.25, -0.2) is 9.78 Å². The highest BCUT2D eigenvalue weighted by atomic mass is 16.6. The molecule has 0 fully saturated rings. The fourth-order valence-corrected chi connectivity index (χ4v) is 2.67. The molecule has 9 heteroatoms. The first kappa shape index (κ1) is 20.7. The number of aromatic nitrogens is 2. The normalized spacial score (nSPS) is 10.3. The van der Waals surface area contributed by atoms with Crippen molar-refractivity contribution in [3.63, 3.8) is 0 Å². The molecule has 1 N–H and O–H groups in total. The third-order valence-electron chi connectivity index (χ3n) is 4.15. The maximum atomic E-state index is 11.9. The average Bonchev–Trinajstić information content (AvgIpc) is 2.74. The lowest BCUT2D eigenvalue weighted by Gasteiger charge is -2.10. The minimum atomic E-state index is -0.618. The fraction of sp³-hybridized carbons (Fsp3) is 0.190. The number of ether oxygens (including phenoxy) is 2. The number of hydrogen-bond acceptors (Lipinski definition) is 8. The Bertz CT molecular complexity index is 1050. The van der Waals surface area contributed by atoms with Crippen molar-refractivity contribution in [3.8, 4) is 11.6 Å². The zero-order chi connectivity index (χ0) is 21.5. The fourth-order valence-electron chi connectivity index (χ4n) is 2.67. The van der Waals surface area contributed by atoms with Gasteiger partial charge >= 0.3 is 17.5 Å². The highest BCUT2D eigenvalue weighted by Gasteiger charge is 2.25. The molecule has 0 atom stereocenters. The first-order chi connectivity index (χ1) is 14.5. The van der Waals surface area contributed by atoms with Gasteiger partial charge in [-0.05, 0) is 49.2 Å². The molecule has 1 aromatic heterocycles. The van der Waals surface area contributed by atoms with Gasteiger partial charge in [0.05, 0.1) is 17.1 Å². The zero-order valence-electron chi connectivity index (χ0n) is 16.5. The molecule has 2 aromatic carbocycles. The van der Waals surface area contributed by atoms with Crippen molar-refractivity contribution in [2.75, 3.05) is 11.9 Å². The maximum Gasteiger partial charge on any atom is 0.373 e. The van der Waals surface area contributed by atoms with Crippen LogP contribution in [0.5, 0.6) is 11.6 Å². The van der Waals surface area contributed by atoms with E-state index in [1.54, 1.807) is 37.3 Å². The summed E-state index contributed by atoms with van der Waals surface area (Å²) in [7, 11) is 0. The lowest BCUT2D eigenvalue weighted by atomic mass is 10.2. The van der Waals surface area contributed by atoms with E-state index in [-0.39, 0.29) is 18.3 Å². The number of carbonyl (C=O) groups is 1. The summed E-state index contributed by atoms with van der Waals surface area (Å²) in [4.78, 5) is 30.9. The summed E-state index contributed by atoms with van der Waals surface area (Å²) >= 11 is 0. The molecule has 30 heavy (non-hydrogen) atoms. The predicted octanol–water partition coefficient (Wildman–Crippen LogP) is 4.66. The van der Waals surface area contributed by atoms with Gasteiger partial charge in [0, 0.05) is 5.69 Å². The van der Waals surface area contributed by atoms with Gasteiger partial charge in [-0.2, -0.15) is 4.98 Å². The van der Waals surface area contributed by atoms with Gasteiger partial charge < -0.3 is 14.8 Å². The Hall–Kier alpha value is -4.01. The van der Waals surface area contributed by atoms with Gasteiger partial charge in [0.1, 0.15) is 12.1 Å². The third-order valence-corrected chi connectivity index (χ3v) is 4.15. The van der Waals surface area contributed by atoms with Gasteiger partial charge in [-0.3, -0.25) is 10.1 Å². The Morgan fingerprint density at radius 3 is 2.57 bits per heavy atom. The molecule has 0 saturated carbocycles. The van der Waals surface area contributed by atoms with E-state index in [1.165, 1.54) is 12.4 Å². The highest BCUT2D eigenvalue weighted by Crippen LogP contribution is 2.35. The van der Waals surface area contributed by atoms with Crippen LogP contribution in [0.1, 0.15) is 29.8 Å². The van der Waals surface area contributed by atoms with Crippen molar-refractivity contribution < 1.29 is 19.2 Å². The van der Waals surface area contributed by atoms with E-state index in [2.05, 4.69) is 15.3 Å². The minimum absolute atomic E-state index is 0.0591. The lowest BCUT2D eigenvalue weighted by Crippen LogP contribution is -2.06. The average molecular weight is 408 g/mol. The molecule has 9 nitrogen and oxygen atoms in total. The van der Waals surface area contributed by atoms with Crippen LogP contribution in [0.15, 0.2) is 54.9 Å². The van der Waals surface area contributed by atoms with E-state index in [1.807, 2.05) is 19.1 Å². The number of carbonyl (C=O) groups excluding carboxylic acids is 1. The van der Waals surface area contributed by atoms with Crippen LogP contribution in [0.4, 0.5) is 17.2 Å². The molecule has 0 amide bonds. The molecule has 0 aliphatic carbocycles. The number of esters is 1. The number of nitrogens with zero attached hydrogens (tertiary/aromatic N) is 3. The lowest BCUT2D eigenvalue weighted by molar-refractivity contribution is -0.385. The summed E-state index contributed by atoms with van der Waals surface area (Å²) < 4.78 is 10.6. The van der Waals surface area contributed by atoms with E-state index >= 15 is 0 Å². The standard InChI is InChI=1S/C21H20N4O5/c1-3-14-8-10-17(11-9-14)30-20-18(25(27)28)19(22-13-23-20)24-16-7-5-6-15(12-16)21(26)29-4-2/h5-13H,3-4H2,1-2H3,(H,22,23,24). The molecular formula is C21H20N4O5. The summed E-state index contributed by atoms with van der Waals surface area (Å²) in [6.45, 7) is 3.98. The van der Waals surface area contributed by atoms with Crippen LogP contribution in [-0.4, -0.2) is 27.5 Å². The van der Waals surface area contributed by atoms with Crippen LogP contribution in [0.3, 0.4) is 0 Å². The molecule has 0 saturated heterocycles. The van der Waals surface area contributed by atoms with Crippen LogP contribution in [-0.2, 0) is 11.2 Å². The van der Waals surface area contributed by atoms with E-state index in [4.69, 9.17) is 9.47 Å². The second-order valence-corrected chi connectivity index (χ2v) is 6.16. The van der Waals surface area contributed by atoms with Crippen molar-refractivity contribution in [1.29, 1.82) is 0 Å². The molecule has 0 aliphatic heterocycles. The Labute approximate surface area is 172 Å². The monoisotopic (exact) mass is 408 g/mol. The summed E-state index contributed by atoms with van der Waals surface area (Å²) in [6, 6.07) is 13.6. The van der Waals surface area contributed by atoms with E-state index < -0.39 is 16.6 Å². The molecule has 0 bridgehead atoms. The summed E-state index contributed by atoms with van der Waals surface area (Å²) in [6.07, 6.45) is 2.03. The maximum absolute atomic E-state index is 11.9. The third kappa shape index (κ3) is 4.88. The van der Waals surface area contributed by atoms with Crippen molar-refractivity contribution in [3.05, 3.63) is 76.1 Å². The Morgan fingerprint density at radius 1 is 1.13 bits per heavy atom. The smallest absolute Gasteiger partial charge is 0.373 e. The van der Waals surface area contributed by atoms with Crippen molar-refractivity contribution in [1.82, 2.24) is 9.97 Å². The number of aryl methyl sites for hydroxylation is 1. The van der Waals surface area contributed by atoms with Crippen LogP contribution < -0.4 is 10.1 Å².